The standard InChI is InChI=1S/C14H23NO4/c1-19-14(6-3-7-14)8-11(16)15-10-13(4-2-5-13)9-12(17)18/h2-10H2,1H3,(H,15,16)(H,17,18). The molecule has 0 radical (unpaired) electrons. The maximum atomic E-state index is 11.9. The minimum Gasteiger partial charge on any atom is -0.481 e. The largest absolute Gasteiger partial charge is 0.481 e. The summed E-state index contributed by atoms with van der Waals surface area (Å²) in [5.74, 6) is -0.792. The van der Waals surface area contributed by atoms with Gasteiger partial charge in [-0.1, -0.05) is 6.42 Å². The van der Waals surface area contributed by atoms with Gasteiger partial charge in [-0.3, -0.25) is 9.59 Å². The van der Waals surface area contributed by atoms with Gasteiger partial charge in [-0.2, -0.15) is 0 Å². The van der Waals surface area contributed by atoms with Crippen molar-refractivity contribution in [3.63, 3.8) is 0 Å². The molecule has 5 heteroatoms. The molecule has 5 nitrogen and oxygen atoms in total. The van der Waals surface area contributed by atoms with Crippen molar-refractivity contribution in [3.05, 3.63) is 0 Å². The SMILES string of the molecule is COC1(CC(=O)NCC2(CC(=O)O)CCC2)CCC1. The van der Waals surface area contributed by atoms with Crippen LogP contribution in [0.5, 0.6) is 0 Å². The molecule has 0 aromatic rings. The molecule has 108 valence electrons. The van der Waals surface area contributed by atoms with E-state index in [1.807, 2.05) is 0 Å². The molecule has 0 spiro atoms. The lowest BCUT2D eigenvalue weighted by atomic mass is 9.66. The summed E-state index contributed by atoms with van der Waals surface area (Å²) in [4.78, 5) is 22.8. The summed E-state index contributed by atoms with van der Waals surface area (Å²) in [6.07, 6.45) is 6.41. The number of ether oxygens (including phenoxy) is 1. The highest BCUT2D eigenvalue weighted by Crippen LogP contribution is 2.43. The second-order valence-corrected chi connectivity index (χ2v) is 6.12. The van der Waals surface area contributed by atoms with Gasteiger partial charge >= 0.3 is 5.97 Å². The number of carbonyl (C=O) groups is 2. The van der Waals surface area contributed by atoms with E-state index in [2.05, 4.69) is 5.32 Å². The fourth-order valence-electron chi connectivity index (χ4n) is 3.08. The first-order valence-corrected chi connectivity index (χ1v) is 7.03. The van der Waals surface area contributed by atoms with E-state index in [0.29, 0.717) is 13.0 Å². The van der Waals surface area contributed by atoms with E-state index >= 15 is 0 Å². The number of carboxylic acid groups (broad SMARTS) is 1. The van der Waals surface area contributed by atoms with Gasteiger partial charge in [0.25, 0.3) is 0 Å². The molecule has 2 rings (SSSR count). The van der Waals surface area contributed by atoms with E-state index in [1.54, 1.807) is 7.11 Å². The third kappa shape index (κ3) is 3.26. The summed E-state index contributed by atoms with van der Waals surface area (Å²) in [5, 5.41) is 11.8. The molecule has 0 aliphatic heterocycles. The van der Waals surface area contributed by atoms with Gasteiger partial charge in [-0.05, 0) is 37.5 Å². The van der Waals surface area contributed by atoms with E-state index < -0.39 is 5.97 Å². The predicted octanol–water partition coefficient (Wildman–Crippen LogP) is 1.71. The Kier molecular flexibility index (Phi) is 4.13. The maximum Gasteiger partial charge on any atom is 0.303 e. The monoisotopic (exact) mass is 269 g/mol. The number of carbonyl (C=O) groups excluding carboxylic acids is 1. The molecule has 0 atom stereocenters. The lowest BCUT2D eigenvalue weighted by Crippen LogP contribution is -2.47. The number of amides is 1. The number of nitrogens with one attached hydrogen (secondary N) is 1. The maximum absolute atomic E-state index is 11.9. The topological polar surface area (TPSA) is 75.6 Å². The predicted molar refractivity (Wildman–Crippen MR) is 69.8 cm³/mol. The van der Waals surface area contributed by atoms with E-state index in [0.717, 1.165) is 38.5 Å². The zero-order valence-corrected chi connectivity index (χ0v) is 11.5. The fraction of sp³-hybridized carbons (Fsp3) is 0.857. The number of hydrogen-bond acceptors (Lipinski definition) is 3. The van der Waals surface area contributed by atoms with Gasteiger partial charge in [-0.25, -0.2) is 0 Å². The van der Waals surface area contributed by atoms with Gasteiger partial charge in [0.05, 0.1) is 18.4 Å². The van der Waals surface area contributed by atoms with Crippen molar-refractivity contribution < 1.29 is 19.4 Å². The van der Waals surface area contributed by atoms with Crippen LogP contribution in [0, 0.1) is 5.41 Å². The number of rotatable bonds is 7. The van der Waals surface area contributed by atoms with E-state index in [-0.39, 0.29) is 23.3 Å². The molecular formula is C14H23NO4. The first kappa shape index (κ1) is 14.3. The summed E-state index contributed by atoms with van der Waals surface area (Å²) in [5.41, 5.74) is -0.467. The highest BCUT2D eigenvalue weighted by atomic mass is 16.5. The smallest absolute Gasteiger partial charge is 0.303 e. The molecule has 0 heterocycles. The van der Waals surface area contributed by atoms with Crippen LogP contribution in [0.15, 0.2) is 0 Å². The molecule has 2 aliphatic carbocycles. The van der Waals surface area contributed by atoms with Crippen molar-refractivity contribution >= 4 is 11.9 Å². The van der Waals surface area contributed by atoms with Crippen LogP contribution >= 0.6 is 0 Å². The minimum absolute atomic E-state index is 0.0155. The quantitative estimate of drug-likeness (QED) is 0.737. The molecule has 2 fully saturated rings. The molecular weight excluding hydrogens is 246 g/mol. The lowest BCUT2D eigenvalue weighted by molar-refractivity contribution is -0.143. The second-order valence-electron chi connectivity index (χ2n) is 6.12. The van der Waals surface area contributed by atoms with Gasteiger partial charge < -0.3 is 15.2 Å². The number of aliphatic carboxylic acids is 1. The first-order valence-electron chi connectivity index (χ1n) is 7.03. The van der Waals surface area contributed by atoms with Gasteiger partial charge in [0.2, 0.25) is 5.91 Å². The molecule has 0 aromatic heterocycles. The van der Waals surface area contributed by atoms with Crippen molar-refractivity contribution in [2.75, 3.05) is 13.7 Å². The first-order chi connectivity index (χ1) is 8.99. The van der Waals surface area contributed by atoms with Crippen molar-refractivity contribution in [3.8, 4) is 0 Å². The van der Waals surface area contributed by atoms with Crippen LogP contribution in [0.2, 0.25) is 0 Å². The van der Waals surface area contributed by atoms with E-state index in [1.165, 1.54) is 0 Å². The Labute approximate surface area is 113 Å². The highest BCUT2D eigenvalue weighted by Gasteiger charge is 2.41. The number of carboxylic acids is 1. The number of methoxy groups -OCH3 is 1. The van der Waals surface area contributed by atoms with Crippen LogP contribution in [0.4, 0.5) is 0 Å². The molecule has 19 heavy (non-hydrogen) atoms. The summed E-state index contributed by atoms with van der Waals surface area (Å²) < 4.78 is 5.43. The van der Waals surface area contributed by atoms with Crippen molar-refractivity contribution in [2.24, 2.45) is 5.41 Å². The zero-order valence-electron chi connectivity index (χ0n) is 11.5. The summed E-state index contributed by atoms with van der Waals surface area (Å²) >= 11 is 0. The number of hydrogen-bond donors (Lipinski definition) is 2. The van der Waals surface area contributed by atoms with Gasteiger partial charge in [-0.15, -0.1) is 0 Å². The van der Waals surface area contributed by atoms with Crippen LogP contribution < -0.4 is 5.32 Å². The highest BCUT2D eigenvalue weighted by molar-refractivity contribution is 5.77. The second kappa shape index (κ2) is 5.49. The van der Waals surface area contributed by atoms with Gasteiger partial charge in [0.1, 0.15) is 0 Å². The van der Waals surface area contributed by atoms with Crippen LogP contribution in [-0.2, 0) is 14.3 Å². The summed E-state index contributed by atoms with van der Waals surface area (Å²) in [6, 6.07) is 0. The van der Waals surface area contributed by atoms with Crippen LogP contribution in [0.1, 0.15) is 51.4 Å². The van der Waals surface area contributed by atoms with Gasteiger partial charge in [0, 0.05) is 13.7 Å². The Morgan fingerprint density at radius 1 is 1.16 bits per heavy atom. The Bertz CT molecular complexity index is 353. The van der Waals surface area contributed by atoms with Crippen molar-refractivity contribution in [2.45, 2.75) is 57.0 Å². The molecule has 0 saturated heterocycles. The Morgan fingerprint density at radius 2 is 1.79 bits per heavy atom. The van der Waals surface area contributed by atoms with Crippen molar-refractivity contribution in [1.29, 1.82) is 0 Å². The van der Waals surface area contributed by atoms with Gasteiger partial charge in [0.15, 0.2) is 0 Å². The molecule has 0 aromatic carbocycles. The summed E-state index contributed by atoms with van der Waals surface area (Å²) in [7, 11) is 1.66. The molecule has 2 aliphatic rings. The summed E-state index contributed by atoms with van der Waals surface area (Å²) in [6.45, 7) is 0.484. The van der Waals surface area contributed by atoms with Crippen LogP contribution in [0.3, 0.4) is 0 Å². The molecule has 1 amide bonds. The molecule has 2 N–H and O–H groups in total. The average Bonchev–Trinajstić information content (AvgIpc) is 2.26. The Hall–Kier alpha value is -1.10. The minimum atomic E-state index is -0.777. The fourth-order valence-corrected chi connectivity index (χ4v) is 3.08. The average molecular weight is 269 g/mol. The Morgan fingerprint density at radius 3 is 2.16 bits per heavy atom. The van der Waals surface area contributed by atoms with E-state index in [9.17, 15) is 9.59 Å². The molecule has 0 unspecified atom stereocenters. The third-order valence-corrected chi connectivity index (χ3v) is 4.78. The lowest BCUT2D eigenvalue weighted by Gasteiger charge is -2.42. The normalized spacial score (nSPS) is 23.0. The zero-order chi connectivity index (χ0) is 13.9. The van der Waals surface area contributed by atoms with Crippen molar-refractivity contribution in [1.82, 2.24) is 5.32 Å². The van der Waals surface area contributed by atoms with Crippen LogP contribution in [-0.4, -0.2) is 36.2 Å². The molecule has 0 bridgehead atoms. The third-order valence-electron chi connectivity index (χ3n) is 4.78. The van der Waals surface area contributed by atoms with Crippen LogP contribution in [0.25, 0.3) is 0 Å². The van der Waals surface area contributed by atoms with E-state index in [4.69, 9.17) is 9.84 Å². The molecule has 2 saturated carbocycles. The Balaban J connectivity index is 1.78.